The second-order valence-electron chi connectivity index (χ2n) is 8.12. The van der Waals surface area contributed by atoms with Crippen molar-refractivity contribution < 1.29 is 45.0 Å². The van der Waals surface area contributed by atoms with Gasteiger partial charge in [-0.3, -0.25) is 4.79 Å². The maximum Gasteiger partial charge on any atom is 0.586 e. The number of alkyl halides is 2. The summed E-state index contributed by atoms with van der Waals surface area (Å²) >= 11 is 0. The van der Waals surface area contributed by atoms with Gasteiger partial charge in [0.05, 0.1) is 4.90 Å². The van der Waals surface area contributed by atoms with Crippen molar-refractivity contribution in [2.75, 3.05) is 11.9 Å². The van der Waals surface area contributed by atoms with Gasteiger partial charge in [-0.25, -0.2) is 26.7 Å². The summed E-state index contributed by atoms with van der Waals surface area (Å²) in [4.78, 5) is 26.7. The number of hydrogen-bond donors (Lipinski definition) is 2. The zero-order valence-corrected chi connectivity index (χ0v) is 20.3. The number of carbonyl (C=O) groups is 2. The monoisotopic (exact) mass is 553 g/mol. The lowest BCUT2D eigenvalue weighted by Gasteiger charge is -2.25. The second-order valence-corrected chi connectivity index (χ2v) is 9.80. The van der Waals surface area contributed by atoms with Crippen LogP contribution in [-0.4, -0.2) is 39.7 Å². The van der Waals surface area contributed by atoms with E-state index in [2.05, 4.69) is 14.8 Å². The summed E-state index contributed by atoms with van der Waals surface area (Å²) in [6.07, 6.45) is -4.34. The topological polar surface area (TPSA) is 114 Å². The molecule has 0 saturated heterocycles. The molecule has 0 saturated carbocycles. The van der Waals surface area contributed by atoms with Crippen molar-refractivity contribution >= 4 is 27.6 Å². The van der Waals surface area contributed by atoms with Gasteiger partial charge in [0.1, 0.15) is 17.7 Å². The van der Waals surface area contributed by atoms with Crippen molar-refractivity contribution in [3.8, 4) is 11.5 Å². The Labute approximate surface area is 214 Å². The molecule has 0 spiro atoms. The van der Waals surface area contributed by atoms with Crippen LogP contribution in [0.4, 0.5) is 28.0 Å². The fraction of sp³-hybridized carbons (Fsp3) is 0.167. The van der Waals surface area contributed by atoms with Crippen molar-refractivity contribution in [2.45, 2.75) is 23.7 Å². The minimum Gasteiger partial charge on any atom is -0.395 e. The Kier molecular flexibility index (Phi) is 7.18. The number of sulfonamides is 1. The summed E-state index contributed by atoms with van der Waals surface area (Å²) in [6, 6.07) is 10.1. The first kappa shape index (κ1) is 26.7. The van der Waals surface area contributed by atoms with E-state index in [-0.39, 0.29) is 27.6 Å². The average molecular weight is 553 g/mol. The molecule has 38 heavy (non-hydrogen) atoms. The molecule has 0 fully saturated rings. The molecule has 4 rings (SSSR count). The van der Waals surface area contributed by atoms with Crippen molar-refractivity contribution in [1.82, 2.24) is 10.0 Å². The predicted molar refractivity (Wildman–Crippen MR) is 125 cm³/mol. The SMILES string of the molecule is CN(C(=O)C(Cc1cc(F)cc(F)c1)NC(=O)NS(=O)(=O)c1ccccc1)c1ccc2c(c1)OC(F)(F)O2. The molecule has 0 bridgehead atoms. The van der Waals surface area contributed by atoms with Crippen molar-refractivity contribution in [3.63, 3.8) is 0 Å². The third kappa shape index (κ3) is 6.14. The number of carbonyl (C=O) groups excluding carboxylic acids is 2. The number of ether oxygens (including phenoxy) is 2. The van der Waals surface area contributed by atoms with Gasteiger partial charge >= 0.3 is 12.3 Å². The highest BCUT2D eigenvalue weighted by Crippen LogP contribution is 2.42. The number of likely N-dealkylation sites (N-methyl/N-ethyl adjacent to an activating group) is 1. The van der Waals surface area contributed by atoms with E-state index in [0.717, 1.165) is 29.2 Å². The zero-order chi connectivity index (χ0) is 27.7. The molecule has 3 amide bonds. The molecule has 1 unspecified atom stereocenters. The summed E-state index contributed by atoms with van der Waals surface area (Å²) < 4.78 is 89.8. The molecular formula is C24H19F4N3O6S. The number of urea groups is 1. The first-order valence-corrected chi connectivity index (χ1v) is 12.3. The number of benzene rings is 3. The van der Waals surface area contributed by atoms with Crippen LogP contribution in [0.5, 0.6) is 11.5 Å². The first-order valence-electron chi connectivity index (χ1n) is 10.8. The van der Waals surface area contributed by atoms with Gasteiger partial charge in [-0.1, -0.05) is 18.2 Å². The Hall–Kier alpha value is -4.33. The standard InChI is InChI=1S/C24H19F4N3O6S/c1-31(17-7-8-20-21(13-17)37-24(27,28)36-20)22(32)19(11-14-9-15(25)12-16(26)10-14)29-23(33)30-38(34,35)18-5-3-2-4-6-18/h2-10,12-13,19H,11H2,1H3,(H2,29,30,33). The molecule has 0 radical (unpaired) electrons. The van der Waals surface area contributed by atoms with Crippen LogP contribution >= 0.6 is 0 Å². The van der Waals surface area contributed by atoms with E-state index in [1.54, 1.807) is 10.8 Å². The highest BCUT2D eigenvalue weighted by molar-refractivity contribution is 7.90. The lowest BCUT2D eigenvalue weighted by Crippen LogP contribution is -2.52. The van der Waals surface area contributed by atoms with Gasteiger partial charge < -0.3 is 19.7 Å². The molecule has 0 aromatic heterocycles. The van der Waals surface area contributed by atoms with Gasteiger partial charge in [-0.15, -0.1) is 8.78 Å². The highest BCUT2D eigenvalue weighted by atomic mass is 32.2. The third-order valence-corrected chi connectivity index (χ3v) is 6.70. The number of halogens is 4. The molecule has 14 heteroatoms. The molecular weight excluding hydrogens is 534 g/mol. The molecule has 200 valence electrons. The van der Waals surface area contributed by atoms with E-state index in [4.69, 9.17) is 0 Å². The predicted octanol–water partition coefficient (Wildman–Crippen LogP) is 3.55. The molecule has 3 aromatic rings. The summed E-state index contributed by atoms with van der Waals surface area (Å²) in [5.41, 5.74) is 0.0235. The zero-order valence-electron chi connectivity index (χ0n) is 19.5. The average Bonchev–Trinajstić information content (AvgIpc) is 3.15. The molecule has 3 aromatic carbocycles. The first-order chi connectivity index (χ1) is 17.8. The van der Waals surface area contributed by atoms with E-state index < -0.39 is 52.4 Å². The third-order valence-electron chi connectivity index (χ3n) is 5.35. The lowest BCUT2D eigenvalue weighted by atomic mass is 10.0. The summed E-state index contributed by atoms with van der Waals surface area (Å²) in [5.74, 6) is -3.36. The number of amides is 3. The van der Waals surface area contributed by atoms with E-state index in [0.29, 0.717) is 6.07 Å². The van der Waals surface area contributed by atoms with Crippen molar-refractivity contribution in [1.29, 1.82) is 0 Å². The minimum absolute atomic E-state index is 0.0224. The Morgan fingerprint density at radius 3 is 2.24 bits per heavy atom. The smallest absolute Gasteiger partial charge is 0.395 e. The highest BCUT2D eigenvalue weighted by Gasteiger charge is 2.43. The van der Waals surface area contributed by atoms with E-state index >= 15 is 0 Å². The quantitative estimate of drug-likeness (QED) is 0.433. The van der Waals surface area contributed by atoms with Gasteiger partial charge in [0.25, 0.3) is 10.0 Å². The number of nitrogens with one attached hydrogen (secondary N) is 2. The molecule has 2 N–H and O–H groups in total. The second kappa shape index (κ2) is 10.2. The number of nitrogens with zero attached hydrogens (tertiary/aromatic N) is 1. The Morgan fingerprint density at radius 2 is 1.58 bits per heavy atom. The van der Waals surface area contributed by atoms with Gasteiger partial charge in [-0.05, 0) is 42.0 Å². The molecule has 1 aliphatic rings. The van der Waals surface area contributed by atoms with Crippen LogP contribution in [0.3, 0.4) is 0 Å². The Bertz CT molecular complexity index is 1470. The minimum atomic E-state index is -4.32. The van der Waals surface area contributed by atoms with Crippen molar-refractivity contribution in [3.05, 3.63) is 83.9 Å². The number of fused-ring (bicyclic) bond motifs is 1. The summed E-state index contributed by atoms with van der Waals surface area (Å²) in [6.45, 7) is 0. The van der Waals surface area contributed by atoms with Crippen LogP contribution < -0.4 is 24.4 Å². The number of hydrogen-bond acceptors (Lipinski definition) is 6. The van der Waals surface area contributed by atoms with E-state index in [1.165, 1.54) is 37.4 Å². The van der Waals surface area contributed by atoms with Gasteiger partial charge in [0, 0.05) is 31.3 Å². The van der Waals surface area contributed by atoms with Crippen LogP contribution in [0, 0.1) is 11.6 Å². The van der Waals surface area contributed by atoms with Crippen molar-refractivity contribution in [2.24, 2.45) is 0 Å². The lowest BCUT2D eigenvalue weighted by molar-refractivity contribution is -0.286. The van der Waals surface area contributed by atoms with Crippen LogP contribution in [0.1, 0.15) is 5.56 Å². The number of anilines is 1. The maximum absolute atomic E-state index is 13.8. The molecule has 1 aliphatic heterocycles. The van der Waals surface area contributed by atoms with Crippen LogP contribution in [-0.2, 0) is 21.2 Å². The van der Waals surface area contributed by atoms with E-state index in [9.17, 15) is 35.6 Å². The largest absolute Gasteiger partial charge is 0.586 e. The fourth-order valence-corrected chi connectivity index (χ4v) is 4.58. The Morgan fingerprint density at radius 1 is 0.947 bits per heavy atom. The summed E-state index contributed by atoms with van der Waals surface area (Å²) in [7, 11) is -3.07. The maximum atomic E-state index is 13.8. The van der Waals surface area contributed by atoms with Crippen LogP contribution in [0.25, 0.3) is 0 Å². The molecule has 9 nitrogen and oxygen atoms in total. The van der Waals surface area contributed by atoms with Crippen LogP contribution in [0.2, 0.25) is 0 Å². The fourth-order valence-electron chi connectivity index (χ4n) is 3.64. The number of rotatable bonds is 7. The summed E-state index contributed by atoms with van der Waals surface area (Å²) in [5, 5.41) is 2.20. The molecule has 1 atom stereocenters. The van der Waals surface area contributed by atoms with Gasteiger partial charge in [0.15, 0.2) is 11.5 Å². The normalized spacial score (nSPS) is 14.4. The van der Waals surface area contributed by atoms with Gasteiger partial charge in [-0.2, -0.15) is 0 Å². The van der Waals surface area contributed by atoms with Gasteiger partial charge in [0.2, 0.25) is 5.91 Å². The van der Waals surface area contributed by atoms with Crippen LogP contribution in [0.15, 0.2) is 71.6 Å². The van der Waals surface area contributed by atoms with E-state index in [1.807, 2.05) is 0 Å². The molecule has 0 aliphatic carbocycles. The molecule has 1 heterocycles. The Balaban J connectivity index is 1.58.